The lowest BCUT2D eigenvalue weighted by Crippen LogP contribution is -1.85. The minimum absolute atomic E-state index is 0.262. The monoisotopic (exact) mass is 214 g/mol. The van der Waals surface area contributed by atoms with Crippen molar-refractivity contribution in [2.75, 3.05) is 0 Å². The molecular formula is C12H10N2O2. The lowest BCUT2D eigenvalue weighted by atomic mass is 10.1. The van der Waals surface area contributed by atoms with Gasteiger partial charge < -0.3 is 4.52 Å². The van der Waals surface area contributed by atoms with E-state index in [4.69, 9.17) is 4.52 Å². The van der Waals surface area contributed by atoms with E-state index in [0.717, 1.165) is 5.56 Å². The van der Waals surface area contributed by atoms with Gasteiger partial charge in [-0.3, -0.25) is 0 Å². The maximum Gasteiger partial charge on any atom is 0.242 e. The molecule has 0 fully saturated rings. The van der Waals surface area contributed by atoms with Gasteiger partial charge in [0.25, 0.3) is 0 Å². The summed E-state index contributed by atoms with van der Waals surface area (Å²) >= 11 is 0. The molecule has 1 aromatic carbocycles. The Hall–Kier alpha value is -2.19. The van der Waals surface area contributed by atoms with Crippen LogP contribution in [0.5, 0.6) is 0 Å². The summed E-state index contributed by atoms with van der Waals surface area (Å²) < 4.78 is 5.04. The third kappa shape index (κ3) is 2.43. The van der Waals surface area contributed by atoms with Gasteiger partial charge in [0.15, 0.2) is 0 Å². The number of isocyanates is 1. The quantitative estimate of drug-likeness (QED) is 0.582. The number of aryl methyl sites for hydroxylation is 1. The Kier molecular flexibility index (Phi) is 2.94. The van der Waals surface area contributed by atoms with E-state index < -0.39 is 0 Å². The van der Waals surface area contributed by atoms with E-state index in [1.54, 1.807) is 6.07 Å². The van der Waals surface area contributed by atoms with Gasteiger partial charge in [-0.25, -0.2) is 4.79 Å². The average molecular weight is 214 g/mol. The van der Waals surface area contributed by atoms with E-state index in [1.807, 2.05) is 25.1 Å². The normalized spacial score (nSPS) is 9.81. The topological polar surface area (TPSA) is 55.5 Å². The predicted molar refractivity (Wildman–Crippen MR) is 58.3 cm³/mol. The number of benzene rings is 1. The first-order valence-electron chi connectivity index (χ1n) is 4.87. The van der Waals surface area contributed by atoms with E-state index in [0.29, 0.717) is 12.2 Å². The van der Waals surface area contributed by atoms with Crippen LogP contribution in [0.15, 0.2) is 39.8 Å². The predicted octanol–water partition coefficient (Wildman–Crippen LogP) is 2.54. The summed E-state index contributed by atoms with van der Waals surface area (Å²) in [7, 11) is 0. The number of hydrogen-bond acceptors (Lipinski definition) is 4. The molecule has 0 saturated carbocycles. The highest BCUT2D eigenvalue weighted by Gasteiger charge is 2.04. The summed E-state index contributed by atoms with van der Waals surface area (Å²) in [5, 5.41) is 3.62. The molecule has 16 heavy (non-hydrogen) atoms. The summed E-state index contributed by atoms with van der Waals surface area (Å²) in [6, 6.07) is 9.74. The molecule has 80 valence electrons. The van der Waals surface area contributed by atoms with Gasteiger partial charge in [-0.15, -0.1) is 4.99 Å². The average Bonchev–Trinajstić information content (AvgIpc) is 2.66. The fraction of sp³-hybridized carbons (Fsp3) is 0.167. The van der Waals surface area contributed by atoms with Crippen LogP contribution >= 0.6 is 0 Å². The van der Waals surface area contributed by atoms with Crippen molar-refractivity contribution in [3.8, 4) is 0 Å². The molecule has 0 atom stereocenters. The molecule has 2 aromatic rings. The van der Waals surface area contributed by atoms with E-state index in [2.05, 4.69) is 16.2 Å². The fourth-order valence-corrected chi connectivity index (χ4v) is 1.51. The highest BCUT2D eigenvalue weighted by molar-refractivity contribution is 5.44. The molecule has 0 aliphatic heterocycles. The molecule has 0 unspecified atom stereocenters. The molecule has 1 aromatic heterocycles. The van der Waals surface area contributed by atoms with Gasteiger partial charge in [0.1, 0.15) is 5.76 Å². The zero-order valence-corrected chi connectivity index (χ0v) is 8.80. The lowest BCUT2D eigenvalue weighted by molar-refractivity contribution is 0.391. The number of aromatic nitrogens is 1. The molecule has 0 aliphatic carbocycles. The van der Waals surface area contributed by atoms with Crippen molar-refractivity contribution in [1.82, 2.24) is 5.16 Å². The van der Waals surface area contributed by atoms with Crippen molar-refractivity contribution < 1.29 is 9.32 Å². The molecule has 0 N–H and O–H groups in total. The summed E-state index contributed by atoms with van der Waals surface area (Å²) in [5.74, 6) is 0.942. The Balaban J connectivity index is 2.17. The van der Waals surface area contributed by atoms with Gasteiger partial charge in [-0.1, -0.05) is 35.0 Å². The molecule has 1 heterocycles. The zero-order chi connectivity index (χ0) is 11.4. The van der Waals surface area contributed by atoms with Crippen LogP contribution in [0.1, 0.15) is 16.9 Å². The molecule has 0 aliphatic rings. The highest BCUT2D eigenvalue weighted by atomic mass is 16.5. The van der Waals surface area contributed by atoms with Gasteiger partial charge in [0, 0.05) is 12.5 Å². The SMILES string of the molecule is Cc1cccc(Cc2cc(N=C=O)no2)c1. The van der Waals surface area contributed by atoms with Gasteiger partial charge in [0.2, 0.25) is 11.9 Å². The number of hydrogen-bond donors (Lipinski definition) is 0. The summed E-state index contributed by atoms with van der Waals surface area (Å²) in [5.41, 5.74) is 2.33. The Morgan fingerprint density at radius 2 is 2.31 bits per heavy atom. The molecule has 4 nitrogen and oxygen atoms in total. The van der Waals surface area contributed by atoms with E-state index in [9.17, 15) is 4.79 Å². The number of carbonyl (C=O) groups excluding carboxylic acids is 1. The number of rotatable bonds is 3. The Labute approximate surface area is 92.6 Å². The molecule has 0 saturated heterocycles. The summed E-state index contributed by atoms with van der Waals surface area (Å²) in [4.78, 5) is 13.4. The van der Waals surface area contributed by atoms with Gasteiger partial charge in [-0.2, -0.15) is 0 Å². The van der Waals surface area contributed by atoms with Crippen molar-refractivity contribution in [2.24, 2.45) is 4.99 Å². The van der Waals surface area contributed by atoms with Crippen LogP contribution < -0.4 is 0 Å². The molecule has 0 bridgehead atoms. The Morgan fingerprint density at radius 3 is 3.06 bits per heavy atom. The van der Waals surface area contributed by atoms with Crippen LogP contribution in [-0.2, 0) is 11.2 Å². The third-order valence-corrected chi connectivity index (χ3v) is 2.17. The van der Waals surface area contributed by atoms with Crippen LogP contribution in [-0.4, -0.2) is 11.2 Å². The van der Waals surface area contributed by atoms with Crippen molar-refractivity contribution >= 4 is 11.9 Å². The second-order valence-electron chi connectivity index (χ2n) is 3.52. The van der Waals surface area contributed by atoms with Crippen molar-refractivity contribution in [2.45, 2.75) is 13.3 Å². The second kappa shape index (κ2) is 4.55. The smallest absolute Gasteiger partial charge is 0.242 e. The van der Waals surface area contributed by atoms with Crippen LogP contribution in [0.4, 0.5) is 5.82 Å². The van der Waals surface area contributed by atoms with Gasteiger partial charge in [-0.05, 0) is 12.5 Å². The molecule has 0 amide bonds. The minimum atomic E-state index is 0.262. The second-order valence-corrected chi connectivity index (χ2v) is 3.52. The van der Waals surface area contributed by atoms with E-state index >= 15 is 0 Å². The molecule has 0 spiro atoms. The number of aliphatic imine (C=N–C) groups is 1. The minimum Gasteiger partial charge on any atom is -0.359 e. The maximum absolute atomic E-state index is 10.0. The van der Waals surface area contributed by atoms with Crippen molar-refractivity contribution in [1.29, 1.82) is 0 Å². The van der Waals surface area contributed by atoms with Crippen molar-refractivity contribution in [3.05, 3.63) is 47.2 Å². The lowest BCUT2D eigenvalue weighted by Gasteiger charge is -1.98. The van der Waals surface area contributed by atoms with E-state index in [1.165, 1.54) is 11.6 Å². The number of nitrogens with zero attached hydrogens (tertiary/aromatic N) is 2. The standard InChI is InChI=1S/C12H10N2O2/c1-9-3-2-4-10(5-9)6-11-7-12(13-8-15)14-16-11/h2-5,7H,6H2,1H3. The highest BCUT2D eigenvalue weighted by Crippen LogP contribution is 2.16. The first-order valence-corrected chi connectivity index (χ1v) is 4.87. The largest absolute Gasteiger partial charge is 0.359 e. The first kappa shape index (κ1) is 10.3. The Bertz CT molecular complexity index is 539. The van der Waals surface area contributed by atoms with Crippen LogP contribution in [0, 0.1) is 6.92 Å². The maximum atomic E-state index is 10.0. The molecular weight excluding hydrogens is 204 g/mol. The molecule has 4 heteroatoms. The van der Waals surface area contributed by atoms with Crippen LogP contribution in [0.25, 0.3) is 0 Å². The molecule has 2 rings (SSSR count). The summed E-state index contributed by atoms with van der Waals surface area (Å²) in [6.07, 6.45) is 2.06. The molecule has 0 radical (unpaired) electrons. The van der Waals surface area contributed by atoms with Crippen LogP contribution in [0.2, 0.25) is 0 Å². The summed E-state index contributed by atoms with van der Waals surface area (Å²) in [6.45, 7) is 2.03. The third-order valence-electron chi connectivity index (χ3n) is 2.17. The first-order chi connectivity index (χ1) is 7.78. The van der Waals surface area contributed by atoms with Crippen molar-refractivity contribution in [3.63, 3.8) is 0 Å². The zero-order valence-electron chi connectivity index (χ0n) is 8.80. The fourth-order valence-electron chi connectivity index (χ4n) is 1.51. The van der Waals surface area contributed by atoms with E-state index in [-0.39, 0.29) is 5.82 Å². The van der Waals surface area contributed by atoms with Crippen LogP contribution in [0.3, 0.4) is 0 Å². The van der Waals surface area contributed by atoms with Gasteiger partial charge in [0.05, 0.1) is 0 Å². The van der Waals surface area contributed by atoms with Gasteiger partial charge >= 0.3 is 0 Å². The Morgan fingerprint density at radius 1 is 1.44 bits per heavy atom.